The summed E-state index contributed by atoms with van der Waals surface area (Å²) in [4.78, 5) is 26.7. The van der Waals surface area contributed by atoms with Crippen molar-refractivity contribution < 1.29 is 24.5 Å². The second-order valence-corrected chi connectivity index (χ2v) is 6.21. The molecular formula is C21H19N2O5-. The third-order valence-electron chi connectivity index (χ3n) is 4.33. The highest BCUT2D eigenvalue weighted by atomic mass is 16.5. The first-order chi connectivity index (χ1) is 13.5. The van der Waals surface area contributed by atoms with Crippen molar-refractivity contribution in [2.24, 2.45) is 0 Å². The summed E-state index contributed by atoms with van der Waals surface area (Å²) in [6, 6.07) is 10.9. The molecule has 1 heterocycles. The Morgan fingerprint density at radius 1 is 1.29 bits per heavy atom. The Balaban J connectivity index is 1.70. The van der Waals surface area contributed by atoms with Crippen LogP contribution in [-0.4, -0.2) is 35.1 Å². The maximum atomic E-state index is 12.2. The lowest BCUT2D eigenvalue weighted by Gasteiger charge is -2.18. The Morgan fingerprint density at radius 2 is 2.07 bits per heavy atom. The molecule has 0 fully saturated rings. The Bertz CT molecular complexity index is 1040. The largest absolute Gasteiger partial charge is 0.548 e. The van der Waals surface area contributed by atoms with Gasteiger partial charge in [0, 0.05) is 29.6 Å². The van der Waals surface area contributed by atoms with E-state index in [-0.39, 0.29) is 17.9 Å². The van der Waals surface area contributed by atoms with Crippen LogP contribution in [0, 0.1) is 0 Å². The van der Waals surface area contributed by atoms with Crippen molar-refractivity contribution in [3.63, 3.8) is 0 Å². The van der Waals surface area contributed by atoms with Crippen molar-refractivity contribution >= 4 is 28.9 Å². The van der Waals surface area contributed by atoms with Gasteiger partial charge in [-0.15, -0.1) is 0 Å². The average Bonchev–Trinajstić information content (AvgIpc) is 3.09. The van der Waals surface area contributed by atoms with Gasteiger partial charge in [0.25, 0.3) is 0 Å². The highest BCUT2D eigenvalue weighted by Gasteiger charge is 2.15. The molecule has 3 N–H and O–H groups in total. The molecule has 0 aliphatic rings. The lowest BCUT2D eigenvalue weighted by molar-refractivity contribution is -0.308. The van der Waals surface area contributed by atoms with Crippen LogP contribution in [0.15, 0.2) is 54.7 Å². The molecule has 0 aliphatic carbocycles. The van der Waals surface area contributed by atoms with Crippen LogP contribution in [0.2, 0.25) is 0 Å². The summed E-state index contributed by atoms with van der Waals surface area (Å²) in [6.07, 6.45) is 4.54. The van der Waals surface area contributed by atoms with Crippen molar-refractivity contribution in [1.29, 1.82) is 0 Å². The molecule has 0 radical (unpaired) electrons. The second kappa shape index (κ2) is 8.30. The molecule has 1 aromatic heterocycles. The predicted molar refractivity (Wildman–Crippen MR) is 103 cm³/mol. The van der Waals surface area contributed by atoms with E-state index in [4.69, 9.17) is 4.74 Å². The minimum absolute atomic E-state index is 0.0140. The Morgan fingerprint density at radius 3 is 2.82 bits per heavy atom. The van der Waals surface area contributed by atoms with Crippen LogP contribution >= 0.6 is 0 Å². The number of amides is 1. The van der Waals surface area contributed by atoms with Gasteiger partial charge in [0.1, 0.15) is 0 Å². The quantitative estimate of drug-likeness (QED) is 0.537. The maximum absolute atomic E-state index is 12.2. The fraction of sp³-hybridized carbons (Fsp3) is 0.143. The Labute approximate surface area is 161 Å². The van der Waals surface area contributed by atoms with E-state index in [1.165, 1.54) is 25.3 Å². The van der Waals surface area contributed by atoms with Crippen molar-refractivity contribution in [2.45, 2.75) is 12.5 Å². The number of hydrogen-bond donors (Lipinski definition) is 3. The van der Waals surface area contributed by atoms with Gasteiger partial charge < -0.3 is 30.0 Å². The van der Waals surface area contributed by atoms with Gasteiger partial charge in [-0.1, -0.05) is 24.3 Å². The molecule has 1 amide bonds. The minimum Gasteiger partial charge on any atom is -0.548 e. The number of carbonyl (C=O) groups excluding carboxylic acids is 2. The molecule has 3 aromatic rings. The number of methoxy groups -OCH3 is 1. The minimum atomic E-state index is -1.36. The zero-order valence-electron chi connectivity index (χ0n) is 15.1. The summed E-state index contributed by atoms with van der Waals surface area (Å²) in [6.45, 7) is 0. The lowest BCUT2D eigenvalue weighted by Crippen LogP contribution is -2.48. The van der Waals surface area contributed by atoms with Gasteiger partial charge in [0.2, 0.25) is 5.91 Å². The van der Waals surface area contributed by atoms with Crippen LogP contribution in [-0.2, 0) is 16.0 Å². The lowest BCUT2D eigenvalue weighted by atomic mass is 10.0. The number of ether oxygens (including phenoxy) is 1. The number of phenols is 1. The van der Waals surface area contributed by atoms with Crippen molar-refractivity contribution in [1.82, 2.24) is 10.3 Å². The van der Waals surface area contributed by atoms with Gasteiger partial charge >= 0.3 is 0 Å². The number of phenolic OH excluding ortho intramolecular Hbond substituents is 1. The maximum Gasteiger partial charge on any atom is 0.244 e. The fourth-order valence-corrected chi connectivity index (χ4v) is 2.90. The van der Waals surface area contributed by atoms with Crippen molar-refractivity contribution in [3.8, 4) is 11.5 Å². The number of para-hydroxylation sites is 1. The van der Waals surface area contributed by atoms with Crippen molar-refractivity contribution in [3.05, 3.63) is 65.9 Å². The average molecular weight is 379 g/mol. The van der Waals surface area contributed by atoms with Crippen molar-refractivity contribution in [2.75, 3.05) is 7.11 Å². The summed E-state index contributed by atoms with van der Waals surface area (Å²) < 4.78 is 5.01. The van der Waals surface area contributed by atoms with Gasteiger partial charge in [-0.2, -0.15) is 0 Å². The van der Waals surface area contributed by atoms with Crippen LogP contribution in [0.3, 0.4) is 0 Å². The summed E-state index contributed by atoms with van der Waals surface area (Å²) in [7, 11) is 1.42. The number of aromatic amines is 1. The van der Waals surface area contributed by atoms with E-state index in [0.29, 0.717) is 5.56 Å². The van der Waals surface area contributed by atoms with E-state index >= 15 is 0 Å². The number of aromatic nitrogens is 1. The molecular weight excluding hydrogens is 360 g/mol. The Hall–Kier alpha value is -3.74. The third-order valence-corrected chi connectivity index (χ3v) is 4.33. The first-order valence-electron chi connectivity index (χ1n) is 8.59. The number of fused-ring (bicyclic) bond motifs is 1. The molecule has 144 valence electrons. The van der Waals surface area contributed by atoms with Gasteiger partial charge in [-0.25, -0.2) is 0 Å². The van der Waals surface area contributed by atoms with E-state index in [0.717, 1.165) is 16.5 Å². The van der Waals surface area contributed by atoms with Crippen LogP contribution in [0.25, 0.3) is 17.0 Å². The molecule has 0 aliphatic heterocycles. The number of carbonyl (C=O) groups is 2. The molecule has 7 heteroatoms. The van der Waals surface area contributed by atoms with Gasteiger partial charge in [-0.3, -0.25) is 4.79 Å². The van der Waals surface area contributed by atoms with Crippen LogP contribution in [0.4, 0.5) is 0 Å². The van der Waals surface area contributed by atoms with E-state index in [1.807, 2.05) is 24.3 Å². The second-order valence-electron chi connectivity index (χ2n) is 6.21. The fourth-order valence-electron chi connectivity index (χ4n) is 2.90. The van der Waals surface area contributed by atoms with E-state index in [1.54, 1.807) is 18.3 Å². The van der Waals surface area contributed by atoms with Crippen LogP contribution in [0.5, 0.6) is 11.5 Å². The molecule has 0 saturated heterocycles. The molecule has 0 saturated carbocycles. The first-order valence-corrected chi connectivity index (χ1v) is 8.59. The number of aliphatic carboxylic acids is 1. The SMILES string of the molecule is COc1cc(/C=C/C(=O)N[C@@H](Cc2c[nH]c3ccccc23)C(=O)[O-])ccc1O. The zero-order chi connectivity index (χ0) is 20.1. The van der Waals surface area contributed by atoms with E-state index in [2.05, 4.69) is 10.3 Å². The highest BCUT2D eigenvalue weighted by Crippen LogP contribution is 2.26. The number of nitrogens with one attached hydrogen (secondary N) is 2. The smallest absolute Gasteiger partial charge is 0.244 e. The number of carboxylic acids is 1. The first kappa shape index (κ1) is 19.0. The van der Waals surface area contributed by atoms with Gasteiger partial charge in [-0.05, 0) is 35.4 Å². The summed E-state index contributed by atoms with van der Waals surface area (Å²) in [5, 5.41) is 24.4. The normalized spacial score (nSPS) is 12.2. The highest BCUT2D eigenvalue weighted by molar-refractivity contribution is 5.94. The third kappa shape index (κ3) is 4.32. The number of H-pyrrole nitrogens is 1. The Kier molecular flexibility index (Phi) is 5.64. The molecule has 2 aromatic carbocycles. The molecule has 1 atom stereocenters. The predicted octanol–water partition coefficient (Wildman–Crippen LogP) is 1.37. The number of carboxylic acid groups (broad SMARTS) is 1. The van der Waals surface area contributed by atoms with E-state index < -0.39 is 17.9 Å². The summed E-state index contributed by atoms with van der Waals surface area (Å²) in [5.41, 5.74) is 2.28. The number of aromatic hydroxyl groups is 1. The standard InChI is InChI=1S/C21H20N2O5/c1-28-19-10-13(6-8-18(19)24)7-9-20(25)23-17(21(26)27)11-14-12-22-16-5-3-2-4-15(14)16/h2-10,12,17,22,24H,11H2,1H3,(H,23,25)(H,26,27)/p-1/b9-7+/t17-/m0/s1. The molecule has 7 nitrogen and oxygen atoms in total. The number of benzene rings is 2. The van der Waals surface area contributed by atoms with E-state index in [9.17, 15) is 19.8 Å². The summed E-state index contributed by atoms with van der Waals surface area (Å²) in [5.74, 6) is -1.67. The van der Waals surface area contributed by atoms with Crippen LogP contribution in [0.1, 0.15) is 11.1 Å². The number of hydrogen-bond acceptors (Lipinski definition) is 5. The molecule has 0 spiro atoms. The molecule has 0 bridgehead atoms. The molecule has 0 unspecified atom stereocenters. The summed E-state index contributed by atoms with van der Waals surface area (Å²) >= 11 is 0. The zero-order valence-corrected chi connectivity index (χ0v) is 15.1. The molecule has 28 heavy (non-hydrogen) atoms. The topological polar surface area (TPSA) is 114 Å². The monoisotopic (exact) mass is 379 g/mol. The van der Waals surface area contributed by atoms with Gasteiger partial charge in [0.15, 0.2) is 11.5 Å². The van der Waals surface area contributed by atoms with Crippen LogP contribution < -0.4 is 15.2 Å². The molecule has 3 rings (SSSR count). The van der Waals surface area contributed by atoms with Gasteiger partial charge in [0.05, 0.1) is 19.1 Å². The number of rotatable bonds is 7.